The first-order valence-corrected chi connectivity index (χ1v) is 5.74. The Bertz CT molecular complexity index is 468. The van der Waals surface area contributed by atoms with E-state index in [1.807, 2.05) is 30.3 Å². The van der Waals surface area contributed by atoms with E-state index in [-0.39, 0.29) is 0 Å². The minimum atomic E-state index is -1.09. The highest BCUT2D eigenvalue weighted by Crippen LogP contribution is 2.09. The van der Waals surface area contributed by atoms with Gasteiger partial charge in [-0.3, -0.25) is 4.21 Å². The SMILES string of the molecule is Cn1nnnc1CS(=O)c1ccccc1. The maximum atomic E-state index is 11.9. The summed E-state index contributed by atoms with van der Waals surface area (Å²) in [5, 5.41) is 11.0. The topological polar surface area (TPSA) is 60.7 Å². The monoisotopic (exact) mass is 222 g/mol. The molecule has 0 N–H and O–H groups in total. The van der Waals surface area contributed by atoms with Gasteiger partial charge in [0.15, 0.2) is 5.82 Å². The molecule has 78 valence electrons. The Kier molecular flexibility index (Phi) is 2.86. The van der Waals surface area contributed by atoms with Crippen molar-refractivity contribution in [1.29, 1.82) is 0 Å². The van der Waals surface area contributed by atoms with Crippen molar-refractivity contribution in [1.82, 2.24) is 20.2 Å². The highest BCUT2D eigenvalue weighted by molar-refractivity contribution is 7.84. The summed E-state index contributed by atoms with van der Waals surface area (Å²) >= 11 is 0. The molecule has 1 atom stereocenters. The van der Waals surface area contributed by atoms with Gasteiger partial charge < -0.3 is 0 Å². The number of hydrogen-bond donors (Lipinski definition) is 0. The van der Waals surface area contributed by atoms with Crippen molar-refractivity contribution < 1.29 is 4.21 Å². The van der Waals surface area contributed by atoms with Crippen LogP contribution in [0.2, 0.25) is 0 Å². The van der Waals surface area contributed by atoms with Crippen LogP contribution in [-0.2, 0) is 23.6 Å². The van der Waals surface area contributed by atoms with Gasteiger partial charge in [0.1, 0.15) is 0 Å². The van der Waals surface area contributed by atoms with Gasteiger partial charge in [-0.2, -0.15) is 0 Å². The average Bonchev–Trinajstić information content (AvgIpc) is 2.66. The van der Waals surface area contributed by atoms with Gasteiger partial charge in [-0.05, 0) is 22.6 Å². The Morgan fingerprint density at radius 1 is 1.33 bits per heavy atom. The van der Waals surface area contributed by atoms with Crippen molar-refractivity contribution in [3.63, 3.8) is 0 Å². The van der Waals surface area contributed by atoms with E-state index in [1.165, 1.54) is 4.68 Å². The summed E-state index contributed by atoms with van der Waals surface area (Å²) in [6, 6.07) is 9.29. The van der Waals surface area contributed by atoms with E-state index >= 15 is 0 Å². The minimum Gasteiger partial charge on any atom is -0.254 e. The summed E-state index contributed by atoms with van der Waals surface area (Å²) in [7, 11) is 0.647. The normalized spacial score (nSPS) is 12.6. The molecule has 0 spiro atoms. The lowest BCUT2D eigenvalue weighted by atomic mass is 10.4. The molecule has 0 aliphatic heterocycles. The van der Waals surface area contributed by atoms with E-state index in [0.29, 0.717) is 11.6 Å². The fourth-order valence-electron chi connectivity index (χ4n) is 1.14. The Balaban J connectivity index is 2.15. The van der Waals surface area contributed by atoms with Crippen LogP contribution in [0, 0.1) is 0 Å². The van der Waals surface area contributed by atoms with Crippen molar-refractivity contribution in [2.75, 3.05) is 0 Å². The summed E-state index contributed by atoms with van der Waals surface area (Å²) in [5.74, 6) is 0.963. The summed E-state index contributed by atoms with van der Waals surface area (Å²) < 4.78 is 13.4. The van der Waals surface area contributed by atoms with Crippen LogP contribution in [0.15, 0.2) is 35.2 Å². The summed E-state index contributed by atoms with van der Waals surface area (Å²) in [5.41, 5.74) is 0. The van der Waals surface area contributed by atoms with E-state index in [1.54, 1.807) is 7.05 Å². The Hall–Kier alpha value is -1.56. The second-order valence-corrected chi connectivity index (χ2v) is 4.47. The van der Waals surface area contributed by atoms with E-state index in [4.69, 9.17) is 0 Å². The highest BCUT2D eigenvalue weighted by Gasteiger charge is 2.09. The van der Waals surface area contributed by atoms with E-state index in [9.17, 15) is 4.21 Å². The van der Waals surface area contributed by atoms with Crippen molar-refractivity contribution in [2.24, 2.45) is 7.05 Å². The standard InChI is InChI=1S/C9H10N4OS/c1-13-9(10-11-12-13)7-15(14)8-5-3-2-4-6-8/h2-6H,7H2,1H3. The molecule has 2 aromatic rings. The number of aromatic nitrogens is 4. The van der Waals surface area contributed by atoms with Gasteiger partial charge in [0.2, 0.25) is 0 Å². The van der Waals surface area contributed by atoms with Gasteiger partial charge in [-0.15, -0.1) is 5.10 Å². The van der Waals surface area contributed by atoms with Crippen LogP contribution in [-0.4, -0.2) is 24.4 Å². The minimum absolute atomic E-state index is 0.341. The molecule has 15 heavy (non-hydrogen) atoms. The fraction of sp³-hybridized carbons (Fsp3) is 0.222. The van der Waals surface area contributed by atoms with Gasteiger partial charge >= 0.3 is 0 Å². The number of hydrogen-bond acceptors (Lipinski definition) is 4. The lowest BCUT2D eigenvalue weighted by Crippen LogP contribution is -2.04. The highest BCUT2D eigenvalue weighted by atomic mass is 32.2. The van der Waals surface area contributed by atoms with E-state index < -0.39 is 10.8 Å². The van der Waals surface area contributed by atoms with Gasteiger partial charge in [-0.25, -0.2) is 4.68 Å². The van der Waals surface area contributed by atoms with Crippen LogP contribution in [0.4, 0.5) is 0 Å². The number of rotatable bonds is 3. The lowest BCUT2D eigenvalue weighted by Gasteiger charge is -2.00. The van der Waals surface area contributed by atoms with Crippen LogP contribution in [0.3, 0.4) is 0 Å². The third-order valence-corrected chi connectivity index (χ3v) is 3.29. The lowest BCUT2D eigenvalue weighted by molar-refractivity contribution is 0.670. The maximum absolute atomic E-state index is 11.9. The predicted octanol–water partition coefficient (Wildman–Crippen LogP) is 0.518. The van der Waals surface area contributed by atoms with E-state index in [2.05, 4.69) is 15.5 Å². The molecule has 0 saturated heterocycles. The third kappa shape index (κ3) is 2.27. The molecule has 1 aromatic carbocycles. The second-order valence-electron chi connectivity index (χ2n) is 3.02. The fourth-order valence-corrected chi connectivity index (χ4v) is 2.25. The maximum Gasteiger partial charge on any atom is 0.163 e. The van der Waals surface area contributed by atoms with Crippen molar-refractivity contribution >= 4 is 10.8 Å². The predicted molar refractivity (Wildman–Crippen MR) is 55.4 cm³/mol. The van der Waals surface area contributed by atoms with Crippen LogP contribution in [0.25, 0.3) is 0 Å². The zero-order chi connectivity index (χ0) is 10.7. The second kappa shape index (κ2) is 4.31. The third-order valence-electron chi connectivity index (χ3n) is 1.97. The number of tetrazole rings is 1. The van der Waals surface area contributed by atoms with Crippen molar-refractivity contribution in [3.05, 3.63) is 36.2 Å². The first-order chi connectivity index (χ1) is 7.27. The van der Waals surface area contributed by atoms with Gasteiger partial charge in [-0.1, -0.05) is 18.2 Å². The van der Waals surface area contributed by atoms with Crippen LogP contribution in [0.5, 0.6) is 0 Å². The Labute approximate surface area is 89.6 Å². The Morgan fingerprint density at radius 2 is 2.07 bits per heavy atom. The van der Waals surface area contributed by atoms with Crippen LogP contribution >= 0.6 is 0 Å². The molecule has 0 saturated carbocycles. The molecule has 0 fully saturated rings. The first-order valence-electron chi connectivity index (χ1n) is 4.42. The molecule has 0 aliphatic carbocycles. The molecule has 1 unspecified atom stereocenters. The molecular weight excluding hydrogens is 212 g/mol. The molecule has 0 radical (unpaired) electrons. The van der Waals surface area contributed by atoms with Crippen molar-refractivity contribution in [3.8, 4) is 0 Å². The van der Waals surface area contributed by atoms with Crippen LogP contribution in [0.1, 0.15) is 5.82 Å². The zero-order valence-corrected chi connectivity index (χ0v) is 9.02. The average molecular weight is 222 g/mol. The smallest absolute Gasteiger partial charge is 0.163 e. The molecule has 0 amide bonds. The van der Waals surface area contributed by atoms with Crippen molar-refractivity contribution in [2.45, 2.75) is 10.6 Å². The molecule has 1 heterocycles. The van der Waals surface area contributed by atoms with Crippen LogP contribution < -0.4 is 0 Å². The van der Waals surface area contributed by atoms with Gasteiger partial charge in [0.05, 0.1) is 16.6 Å². The summed E-state index contributed by atoms with van der Waals surface area (Å²) in [6.07, 6.45) is 0. The molecule has 6 heteroatoms. The zero-order valence-electron chi connectivity index (χ0n) is 8.20. The molecule has 0 bridgehead atoms. The molecule has 5 nitrogen and oxygen atoms in total. The van der Waals surface area contributed by atoms with E-state index in [0.717, 1.165) is 4.90 Å². The summed E-state index contributed by atoms with van der Waals surface area (Å²) in [6.45, 7) is 0. The number of aryl methyl sites for hydroxylation is 1. The van der Waals surface area contributed by atoms with Gasteiger partial charge in [0.25, 0.3) is 0 Å². The number of benzene rings is 1. The van der Waals surface area contributed by atoms with Gasteiger partial charge in [0, 0.05) is 11.9 Å². The molecule has 1 aromatic heterocycles. The quantitative estimate of drug-likeness (QED) is 0.759. The molecule has 0 aliphatic rings. The molecular formula is C9H10N4OS. The summed E-state index contributed by atoms with van der Waals surface area (Å²) in [4.78, 5) is 0.792. The first kappa shape index (κ1) is 9.97. The largest absolute Gasteiger partial charge is 0.254 e. The molecule has 2 rings (SSSR count). The number of nitrogens with zero attached hydrogens (tertiary/aromatic N) is 4. The Morgan fingerprint density at radius 3 is 2.67 bits per heavy atom.